The van der Waals surface area contributed by atoms with Crippen molar-refractivity contribution in [2.24, 2.45) is 0 Å². The number of hydrogen-bond acceptors (Lipinski definition) is 5. The molecule has 0 N–H and O–H groups in total. The Labute approximate surface area is 88.7 Å². The van der Waals surface area contributed by atoms with Gasteiger partial charge in [-0.1, -0.05) is 0 Å². The molecule has 1 aliphatic rings. The van der Waals surface area contributed by atoms with Gasteiger partial charge in [-0.15, -0.1) is 0 Å². The molecule has 0 radical (unpaired) electrons. The molecule has 0 aromatic rings. The maximum absolute atomic E-state index is 10.8. The van der Waals surface area contributed by atoms with Crippen LogP contribution in [0.1, 0.15) is 27.2 Å². The predicted molar refractivity (Wildman–Crippen MR) is 51.1 cm³/mol. The second-order valence-electron chi connectivity index (χ2n) is 3.65. The van der Waals surface area contributed by atoms with Gasteiger partial charge in [-0.25, -0.2) is 0 Å². The average Bonchev–Trinajstić information content (AvgIpc) is 2.09. The zero-order chi connectivity index (χ0) is 11.4. The number of ether oxygens (including phenoxy) is 3. The maximum Gasteiger partial charge on any atom is 0.302 e. The Bertz CT molecular complexity index is 250. The summed E-state index contributed by atoms with van der Waals surface area (Å²) in [6, 6.07) is 0. The summed E-state index contributed by atoms with van der Waals surface area (Å²) in [5.74, 6) is -0.696. The van der Waals surface area contributed by atoms with Crippen LogP contribution in [0.5, 0.6) is 0 Å². The Morgan fingerprint density at radius 3 is 2.33 bits per heavy atom. The first-order valence-corrected chi connectivity index (χ1v) is 4.95. The van der Waals surface area contributed by atoms with E-state index in [0.717, 1.165) is 0 Å². The molecule has 0 saturated carbocycles. The summed E-state index contributed by atoms with van der Waals surface area (Å²) < 4.78 is 15.4. The molecule has 86 valence electrons. The molecule has 0 aromatic carbocycles. The predicted octanol–water partition coefficient (Wildman–Crippen LogP) is 0.659. The van der Waals surface area contributed by atoms with Crippen molar-refractivity contribution in [1.29, 1.82) is 0 Å². The van der Waals surface area contributed by atoms with Gasteiger partial charge in [0.25, 0.3) is 0 Å². The van der Waals surface area contributed by atoms with Crippen LogP contribution in [-0.2, 0) is 23.8 Å². The quantitative estimate of drug-likeness (QED) is 0.634. The minimum Gasteiger partial charge on any atom is -0.460 e. The zero-order valence-electron chi connectivity index (χ0n) is 9.19. The van der Waals surface area contributed by atoms with E-state index in [1.807, 2.05) is 6.92 Å². The van der Waals surface area contributed by atoms with Crippen LogP contribution in [-0.4, -0.2) is 36.9 Å². The van der Waals surface area contributed by atoms with Gasteiger partial charge in [0.15, 0.2) is 0 Å². The minimum absolute atomic E-state index is 0.152. The third-order valence-electron chi connectivity index (χ3n) is 2.21. The van der Waals surface area contributed by atoms with E-state index >= 15 is 0 Å². The number of carbonyl (C=O) groups excluding carboxylic acids is 2. The van der Waals surface area contributed by atoms with Crippen molar-refractivity contribution in [3.05, 3.63) is 0 Å². The van der Waals surface area contributed by atoms with Crippen LogP contribution >= 0.6 is 0 Å². The van der Waals surface area contributed by atoms with E-state index in [1.165, 1.54) is 13.8 Å². The van der Waals surface area contributed by atoms with E-state index in [-0.39, 0.29) is 30.3 Å². The molecule has 15 heavy (non-hydrogen) atoms. The van der Waals surface area contributed by atoms with Crippen LogP contribution in [0.25, 0.3) is 0 Å². The molecule has 1 fully saturated rings. The standard InChI is InChI=1S/C10H16O5/c1-6-10(15-8(3)12)4-9(5-13-6)14-7(2)11/h6,9-10H,4-5H2,1-3H3/t6-,9?,10-/m0/s1. The fraction of sp³-hybridized carbons (Fsp3) is 0.800. The lowest BCUT2D eigenvalue weighted by atomic mass is 10.0. The van der Waals surface area contributed by atoms with Crippen LogP contribution < -0.4 is 0 Å². The Hall–Kier alpha value is -1.10. The number of rotatable bonds is 2. The maximum atomic E-state index is 10.8. The lowest BCUT2D eigenvalue weighted by molar-refractivity contribution is -0.179. The van der Waals surface area contributed by atoms with Crippen molar-refractivity contribution in [1.82, 2.24) is 0 Å². The van der Waals surface area contributed by atoms with Gasteiger partial charge in [0.05, 0.1) is 12.7 Å². The number of hydrogen-bond donors (Lipinski definition) is 0. The third-order valence-corrected chi connectivity index (χ3v) is 2.21. The van der Waals surface area contributed by atoms with Gasteiger partial charge in [0, 0.05) is 20.3 Å². The smallest absolute Gasteiger partial charge is 0.302 e. The summed E-state index contributed by atoms with van der Waals surface area (Å²) in [5, 5.41) is 0. The molecular weight excluding hydrogens is 200 g/mol. The molecule has 1 heterocycles. The minimum atomic E-state index is -0.348. The number of carbonyl (C=O) groups is 2. The molecular formula is C10H16O5. The Morgan fingerprint density at radius 2 is 1.80 bits per heavy atom. The van der Waals surface area contributed by atoms with E-state index < -0.39 is 0 Å². The van der Waals surface area contributed by atoms with Crippen molar-refractivity contribution in [3.8, 4) is 0 Å². The van der Waals surface area contributed by atoms with E-state index in [4.69, 9.17) is 14.2 Å². The van der Waals surface area contributed by atoms with Crippen molar-refractivity contribution in [2.75, 3.05) is 6.61 Å². The van der Waals surface area contributed by atoms with Gasteiger partial charge in [-0.3, -0.25) is 9.59 Å². The molecule has 0 bridgehead atoms. The summed E-state index contributed by atoms with van der Waals surface area (Å²) in [5.41, 5.74) is 0. The highest BCUT2D eigenvalue weighted by atomic mass is 16.6. The van der Waals surface area contributed by atoms with Crippen LogP contribution in [0.15, 0.2) is 0 Å². The molecule has 1 aliphatic heterocycles. The van der Waals surface area contributed by atoms with Crippen LogP contribution in [0.4, 0.5) is 0 Å². The van der Waals surface area contributed by atoms with E-state index in [0.29, 0.717) is 13.0 Å². The number of esters is 2. The second kappa shape index (κ2) is 5.11. The van der Waals surface area contributed by atoms with Crippen LogP contribution in [0.2, 0.25) is 0 Å². The molecule has 5 nitrogen and oxygen atoms in total. The molecule has 5 heteroatoms. The zero-order valence-corrected chi connectivity index (χ0v) is 9.19. The van der Waals surface area contributed by atoms with Gasteiger partial charge in [-0.2, -0.15) is 0 Å². The molecule has 1 unspecified atom stereocenters. The molecule has 0 amide bonds. The summed E-state index contributed by atoms with van der Waals surface area (Å²) in [7, 11) is 0. The first kappa shape index (κ1) is 12.0. The molecule has 0 aromatic heterocycles. The van der Waals surface area contributed by atoms with Crippen LogP contribution in [0.3, 0.4) is 0 Å². The SMILES string of the molecule is CC(=O)OC1CO[C@@H](C)[C@@H](OC(C)=O)C1. The van der Waals surface area contributed by atoms with Gasteiger partial charge in [0.2, 0.25) is 0 Å². The first-order chi connectivity index (χ1) is 6.99. The van der Waals surface area contributed by atoms with Gasteiger partial charge < -0.3 is 14.2 Å². The summed E-state index contributed by atoms with van der Waals surface area (Å²) in [6.45, 7) is 4.89. The highest BCUT2D eigenvalue weighted by molar-refractivity contribution is 5.66. The van der Waals surface area contributed by atoms with E-state index in [1.54, 1.807) is 0 Å². The summed E-state index contributed by atoms with van der Waals surface area (Å²) in [4.78, 5) is 21.5. The summed E-state index contributed by atoms with van der Waals surface area (Å²) in [6.07, 6.45) is -0.301. The average molecular weight is 216 g/mol. The molecule has 1 rings (SSSR count). The lowest BCUT2D eigenvalue weighted by Crippen LogP contribution is -2.43. The van der Waals surface area contributed by atoms with E-state index in [2.05, 4.69) is 0 Å². The largest absolute Gasteiger partial charge is 0.460 e. The van der Waals surface area contributed by atoms with E-state index in [9.17, 15) is 9.59 Å². The Morgan fingerprint density at radius 1 is 1.20 bits per heavy atom. The molecule has 3 atom stereocenters. The Kier molecular flexibility index (Phi) is 4.08. The van der Waals surface area contributed by atoms with Gasteiger partial charge >= 0.3 is 11.9 Å². The van der Waals surface area contributed by atoms with Crippen LogP contribution in [0, 0.1) is 0 Å². The summed E-state index contributed by atoms with van der Waals surface area (Å²) >= 11 is 0. The molecule has 0 aliphatic carbocycles. The van der Waals surface area contributed by atoms with Crippen molar-refractivity contribution >= 4 is 11.9 Å². The van der Waals surface area contributed by atoms with Crippen molar-refractivity contribution in [3.63, 3.8) is 0 Å². The van der Waals surface area contributed by atoms with Gasteiger partial charge in [-0.05, 0) is 6.92 Å². The normalized spacial score (nSPS) is 30.7. The highest BCUT2D eigenvalue weighted by Crippen LogP contribution is 2.19. The van der Waals surface area contributed by atoms with Crippen molar-refractivity contribution < 1.29 is 23.8 Å². The third kappa shape index (κ3) is 3.87. The van der Waals surface area contributed by atoms with Gasteiger partial charge in [0.1, 0.15) is 12.2 Å². The fourth-order valence-electron chi connectivity index (χ4n) is 1.56. The molecule has 1 saturated heterocycles. The topological polar surface area (TPSA) is 61.8 Å². The fourth-order valence-corrected chi connectivity index (χ4v) is 1.56. The lowest BCUT2D eigenvalue weighted by Gasteiger charge is -2.33. The Balaban J connectivity index is 2.47. The second-order valence-corrected chi connectivity index (χ2v) is 3.65. The monoisotopic (exact) mass is 216 g/mol. The first-order valence-electron chi connectivity index (χ1n) is 4.95. The highest BCUT2D eigenvalue weighted by Gasteiger charge is 2.32. The van der Waals surface area contributed by atoms with Crippen molar-refractivity contribution in [2.45, 2.75) is 45.5 Å². The molecule has 0 spiro atoms.